The van der Waals surface area contributed by atoms with Crippen LogP contribution in [0.5, 0.6) is 0 Å². The van der Waals surface area contributed by atoms with E-state index >= 15 is 0 Å². The number of aromatic nitrogens is 2. The summed E-state index contributed by atoms with van der Waals surface area (Å²) < 4.78 is 0. The summed E-state index contributed by atoms with van der Waals surface area (Å²) in [6, 6.07) is 74.3. The molecule has 0 bridgehead atoms. The molecule has 9 aromatic carbocycles. The summed E-state index contributed by atoms with van der Waals surface area (Å²) in [5.41, 5.74) is 17.5. The van der Waals surface area contributed by atoms with Crippen molar-refractivity contribution in [2.45, 2.75) is 19.3 Å². The van der Waals surface area contributed by atoms with Crippen LogP contribution in [0.4, 0.5) is 0 Å². The van der Waals surface area contributed by atoms with Gasteiger partial charge in [-0.25, -0.2) is 9.97 Å². The number of fused-ring (bicyclic) bond motifs is 6. The molecule has 0 radical (unpaired) electrons. The van der Waals surface area contributed by atoms with E-state index in [1.165, 1.54) is 71.8 Å². The summed E-state index contributed by atoms with van der Waals surface area (Å²) in [5, 5.41) is 4.90. The molecular formula is C57H40N2. The van der Waals surface area contributed by atoms with Gasteiger partial charge < -0.3 is 0 Å². The van der Waals surface area contributed by atoms with Crippen molar-refractivity contribution in [1.82, 2.24) is 9.97 Å². The van der Waals surface area contributed by atoms with Crippen LogP contribution in [0.1, 0.15) is 25.0 Å². The van der Waals surface area contributed by atoms with Crippen LogP contribution in [0.15, 0.2) is 206 Å². The maximum Gasteiger partial charge on any atom is 0.161 e. The lowest BCUT2D eigenvalue weighted by Crippen LogP contribution is -2.14. The molecule has 0 saturated carbocycles. The number of benzene rings is 9. The van der Waals surface area contributed by atoms with E-state index in [1.807, 2.05) is 12.1 Å². The molecule has 0 amide bonds. The summed E-state index contributed by atoms with van der Waals surface area (Å²) in [5.74, 6) is 0.709. The average molecular weight is 753 g/mol. The van der Waals surface area contributed by atoms with E-state index in [2.05, 4.69) is 208 Å². The third-order valence-corrected chi connectivity index (χ3v) is 12.3. The van der Waals surface area contributed by atoms with E-state index in [-0.39, 0.29) is 5.41 Å². The van der Waals surface area contributed by atoms with Crippen LogP contribution in [0.3, 0.4) is 0 Å². The number of nitrogens with zero attached hydrogens (tertiary/aromatic N) is 2. The van der Waals surface area contributed by atoms with Crippen molar-refractivity contribution in [2.24, 2.45) is 0 Å². The Labute approximate surface area is 345 Å². The van der Waals surface area contributed by atoms with Gasteiger partial charge in [0, 0.05) is 22.1 Å². The molecule has 0 saturated heterocycles. The fourth-order valence-corrected chi connectivity index (χ4v) is 9.23. The Hall–Kier alpha value is -7.42. The molecule has 2 heteroatoms. The Morgan fingerprint density at radius 2 is 0.797 bits per heavy atom. The molecule has 1 aliphatic rings. The molecule has 59 heavy (non-hydrogen) atoms. The van der Waals surface area contributed by atoms with Crippen molar-refractivity contribution in [3.63, 3.8) is 0 Å². The van der Waals surface area contributed by atoms with Crippen LogP contribution in [-0.4, -0.2) is 9.97 Å². The van der Waals surface area contributed by atoms with E-state index in [1.54, 1.807) is 0 Å². The summed E-state index contributed by atoms with van der Waals surface area (Å²) in [4.78, 5) is 10.5. The maximum absolute atomic E-state index is 5.25. The van der Waals surface area contributed by atoms with Crippen LogP contribution in [0.2, 0.25) is 0 Å². The normalized spacial score (nSPS) is 12.7. The molecule has 278 valence electrons. The first-order valence-electron chi connectivity index (χ1n) is 20.4. The molecule has 10 aromatic rings. The van der Waals surface area contributed by atoms with E-state index in [4.69, 9.17) is 9.97 Å². The number of hydrogen-bond donors (Lipinski definition) is 0. The predicted molar refractivity (Wildman–Crippen MR) is 247 cm³/mol. The fraction of sp³-hybridized carbons (Fsp3) is 0.0526. The Morgan fingerprint density at radius 3 is 1.49 bits per heavy atom. The van der Waals surface area contributed by atoms with Gasteiger partial charge >= 0.3 is 0 Å². The Kier molecular flexibility index (Phi) is 8.20. The van der Waals surface area contributed by atoms with Gasteiger partial charge in [-0.2, -0.15) is 0 Å². The summed E-state index contributed by atoms with van der Waals surface area (Å²) in [6.07, 6.45) is 0. The highest BCUT2D eigenvalue weighted by atomic mass is 14.9. The lowest BCUT2D eigenvalue weighted by atomic mass is 9.82. The minimum absolute atomic E-state index is 0.0477. The summed E-state index contributed by atoms with van der Waals surface area (Å²) in [6.45, 7) is 4.71. The molecule has 2 nitrogen and oxygen atoms in total. The minimum atomic E-state index is -0.0477. The third-order valence-electron chi connectivity index (χ3n) is 12.3. The topological polar surface area (TPSA) is 25.8 Å². The van der Waals surface area contributed by atoms with Gasteiger partial charge in [0.15, 0.2) is 5.82 Å². The second-order valence-corrected chi connectivity index (χ2v) is 16.1. The highest BCUT2D eigenvalue weighted by Crippen LogP contribution is 2.52. The van der Waals surface area contributed by atoms with Crippen molar-refractivity contribution in [1.29, 1.82) is 0 Å². The predicted octanol–water partition coefficient (Wildman–Crippen LogP) is 15.1. The first-order valence-corrected chi connectivity index (χ1v) is 20.4. The van der Waals surface area contributed by atoms with Gasteiger partial charge in [-0.15, -0.1) is 0 Å². The second-order valence-electron chi connectivity index (χ2n) is 16.1. The largest absolute Gasteiger partial charge is 0.228 e. The van der Waals surface area contributed by atoms with E-state index in [9.17, 15) is 0 Å². The smallest absolute Gasteiger partial charge is 0.161 e. The molecule has 11 rings (SSSR count). The Morgan fingerprint density at radius 1 is 0.322 bits per heavy atom. The quantitative estimate of drug-likeness (QED) is 0.169. The minimum Gasteiger partial charge on any atom is -0.228 e. The van der Waals surface area contributed by atoms with Gasteiger partial charge in [-0.3, -0.25) is 0 Å². The van der Waals surface area contributed by atoms with Crippen molar-refractivity contribution in [2.75, 3.05) is 0 Å². The van der Waals surface area contributed by atoms with Gasteiger partial charge in [-0.1, -0.05) is 202 Å². The Balaban J connectivity index is 0.972. The van der Waals surface area contributed by atoms with Gasteiger partial charge in [0.05, 0.1) is 11.4 Å². The van der Waals surface area contributed by atoms with E-state index < -0.39 is 0 Å². The molecule has 0 aliphatic heterocycles. The summed E-state index contributed by atoms with van der Waals surface area (Å²) in [7, 11) is 0. The van der Waals surface area contributed by atoms with Gasteiger partial charge in [0.2, 0.25) is 0 Å². The van der Waals surface area contributed by atoms with Crippen molar-refractivity contribution < 1.29 is 0 Å². The van der Waals surface area contributed by atoms with Gasteiger partial charge in [0.25, 0.3) is 0 Å². The van der Waals surface area contributed by atoms with Crippen LogP contribution >= 0.6 is 0 Å². The zero-order chi connectivity index (χ0) is 39.5. The zero-order valence-corrected chi connectivity index (χ0v) is 33.0. The molecule has 0 N–H and O–H groups in total. The van der Waals surface area contributed by atoms with Crippen LogP contribution in [-0.2, 0) is 5.41 Å². The second kappa shape index (κ2) is 13.9. The fourth-order valence-electron chi connectivity index (χ4n) is 9.23. The van der Waals surface area contributed by atoms with Crippen LogP contribution in [0, 0.1) is 0 Å². The van der Waals surface area contributed by atoms with Crippen molar-refractivity contribution in [3.8, 4) is 78.4 Å². The molecular weight excluding hydrogens is 713 g/mol. The maximum atomic E-state index is 5.25. The van der Waals surface area contributed by atoms with Crippen molar-refractivity contribution in [3.05, 3.63) is 217 Å². The molecule has 0 fully saturated rings. The number of rotatable bonds is 6. The standard InChI is InChI=1S/C57H40N2/c1-57(2)51-33-30-44(35-50(51)55-46-18-10-9-15-40(46)29-34-52(55)57)39-21-25-41(26-22-39)45-31-32-49(48-20-12-11-19-47(45)48)56-58-53(42-16-7-4-8-17-42)36-54(59-56)43-27-23-38(24-28-43)37-13-5-3-6-14-37/h3-36H,1-2H3. The average Bonchev–Trinajstić information content (AvgIpc) is 3.54. The molecule has 1 aromatic heterocycles. The Bertz CT molecular complexity index is 3200. The highest BCUT2D eigenvalue weighted by Gasteiger charge is 2.36. The monoisotopic (exact) mass is 752 g/mol. The molecule has 0 unspecified atom stereocenters. The molecule has 0 atom stereocenters. The number of hydrogen-bond acceptors (Lipinski definition) is 2. The highest BCUT2D eigenvalue weighted by molar-refractivity contribution is 6.05. The lowest BCUT2D eigenvalue weighted by Gasteiger charge is -2.21. The van der Waals surface area contributed by atoms with Crippen LogP contribution < -0.4 is 0 Å². The molecule has 0 spiro atoms. The van der Waals surface area contributed by atoms with Gasteiger partial charge in [-0.05, 0) is 95.4 Å². The van der Waals surface area contributed by atoms with E-state index in [0.717, 1.165) is 33.5 Å². The van der Waals surface area contributed by atoms with E-state index in [0.29, 0.717) is 5.82 Å². The van der Waals surface area contributed by atoms with Gasteiger partial charge in [0.1, 0.15) is 0 Å². The first-order chi connectivity index (χ1) is 29.0. The lowest BCUT2D eigenvalue weighted by molar-refractivity contribution is 0.661. The zero-order valence-electron chi connectivity index (χ0n) is 33.0. The summed E-state index contributed by atoms with van der Waals surface area (Å²) >= 11 is 0. The van der Waals surface area contributed by atoms with Crippen LogP contribution in [0.25, 0.3) is 100.0 Å². The third kappa shape index (κ3) is 5.96. The van der Waals surface area contributed by atoms with Crippen molar-refractivity contribution >= 4 is 21.5 Å². The SMILES string of the molecule is CC1(C)c2ccc(-c3ccc(-c4ccc(-c5nc(-c6ccccc6)cc(-c6ccc(-c7ccccc7)cc6)n5)c5ccccc45)cc3)cc2-c2c1ccc1ccccc21. The first kappa shape index (κ1) is 34.8. The molecule has 1 aliphatic carbocycles. The molecule has 1 heterocycles.